The van der Waals surface area contributed by atoms with Crippen molar-refractivity contribution >= 4 is 22.5 Å². The summed E-state index contributed by atoms with van der Waals surface area (Å²) >= 11 is 0. The number of nitrogens with one attached hydrogen (secondary N) is 2. The fourth-order valence-electron chi connectivity index (χ4n) is 2.14. The van der Waals surface area contributed by atoms with E-state index >= 15 is 0 Å². The number of carbonyl (C=O) groups excluding carboxylic acids is 1. The SMILES string of the molecule is O=C(Cn1ccc(C(F)(F)F)n1)Nc1cccc2c(=O)[nH]cnc12. The summed E-state index contributed by atoms with van der Waals surface area (Å²) in [5, 5.41) is 6.10. The van der Waals surface area contributed by atoms with Crippen LogP contribution in [-0.2, 0) is 17.5 Å². The third-order valence-electron chi connectivity index (χ3n) is 3.18. The Morgan fingerprint density at radius 2 is 2.08 bits per heavy atom. The summed E-state index contributed by atoms with van der Waals surface area (Å²) in [6.45, 7) is -0.407. The molecule has 0 atom stereocenters. The number of nitrogens with zero attached hydrogens (tertiary/aromatic N) is 3. The number of rotatable bonds is 3. The number of amides is 1. The quantitative estimate of drug-likeness (QED) is 0.762. The standard InChI is InChI=1S/C14H10F3N5O2/c15-14(16,17)10-4-5-22(21-10)6-11(23)20-9-3-1-2-8-12(9)18-7-19-13(8)24/h1-5,7H,6H2,(H,20,23)(H,18,19,24). The zero-order valence-electron chi connectivity index (χ0n) is 12.0. The molecule has 0 fully saturated rings. The first-order chi connectivity index (χ1) is 11.3. The molecule has 3 aromatic rings. The van der Waals surface area contributed by atoms with Crippen molar-refractivity contribution in [3.05, 3.63) is 52.8 Å². The summed E-state index contributed by atoms with van der Waals surface area (Å²) in [7, 11) is 0. The number of halogens is 3. The predicted molar refractivity (Wildman–Crippen MR) is 78.2 cm³/mol. The number of hydrogen-bond donors (Lipinski definition) is 2. The van der Waals surface area contributed by atoms with Gasteiger partial charge in [-0.2, -0.15) is 18.3 Å². The second-order valence-electron chi connectivity index (χ2n) is 4.88. The maximum absolute atomic E-state index is 12.5. The van der Waals surface area contributed by atoms with Crippen molar-refractivity contribution in [3.63, 3.8) is 0 Å². The normalized spacial score (nSPS) is 11.6. The molecule has 0 radical (unpaired) electrons. The summed E-state index contributed by atoms with van der Waals surface area (Å²) < 4.78 is 38.3. The van der Waals surface area contributed by atoms with Crippen LogP contribution in [0.3, 0.4) is 0 Å². The minimum atomic E-state index is -4.57. The zero-order valence-corrected chi connectivity index (χ0v) is 12.0. The van der Waals surface area contributed by atoms with Crippen LogP contribution in [0.5, 0.6) is 0 Å². The van der Waals surface area contributed by atoms with Gasteiger partial charge >= 0.3 is 6.18 Å². The molecule has 0 aliphatic carbocycles. The average molecular weight is 337 g/mol. The van der Waals surface area contributed by atoms with Crippen LogP contribution in [0.25, 0.3) is 10.9 Å². The van der Waals surface area contributed by atoms with Crippen LogP contribution in [0.15, 0.2) is 41.6 Å². The number of carbonyl (C=O) groups is 1. The number of hydrogen-bond acceptors (Lipinski definition) is 4. The number of H-pyrrole nitrogens is 1. The molecule has 24 heavy (non-hydrogen) atoms. The van der Waals surface area contributed by atoms with Crippen LogP contribution in [0, 0.1) is 0 Å². The summed E-state index contributed by atoms with van der Waals surface area (Å²) in [6, 6.07) is 5.42. The van der Waals surface area contributed by atoms with Crippen LogP contribution < -0.4 is 10.9 Å². The van der Waals surface area contributed by atoms with Crippen molar-refractivity contribution in [2.75, 3.05) is 5.32 Å². The Hall–Kier alpha value is -3.17. The highest BCUT2D eigenvalue weighted by atomic mass is 19.4. The first kappa shape index (κ1) is 15.7. The summed E-state index contributed by atoms with van der Waals surface area (Å²) in [5.41, 5.74) is -0.871. The summed E-state index contributed by atoms with van der Waals surface area (Å²) in [4.78, 5) is 30.1. The molecule has 0 bridgehead atoms. The highest BCUT2D eigenvalue weighted by Crippen LogP contribution is 2.27. The minimum Gasteiger partial charge on any atom is -0.323 e. The molecule has 1 aromatic carbocycles. The van der Waals surface area contributed by atoms with Gasteiger partial charge in [0.05, 0.1) is 17.4 Å². The fourth-order valence-corrected chi connectivity index (χ4v) is 2.14. The molecule has 0 saturated heterocycles. The van der Waals surface area contributed by atoms with Crippen LogP contribution in [0.1, 0.15) is 5.69 Å². The Balaban J connectivity index is 1.80. The molecule has 124 valence electrons. The average Bonchev–Trinajstić information content (AvgIpc) is 2.97. The van der Waals surface area contributed by atoms with E-state index in [1.807, 2.05) is 0 Å². The monoisotopic (exact) mass is 337 g/mol. The molecule has 10 heteroatoms. The highest BCUT2D eigenvalue weighted by Gasteiger charge is 2.33. The lowest BCUT2D eigenvalue weighted by atomic mass is 10.2. The van der Waals surface area contributed by atoms with Gasteiger partial charge in [0.15, 0.2) is 5.69 Å². The van der Waals surface area contributed by atoms with Crippen LogP contribution in [0.2, 0.25) is 0 Å². The Morgan fingerprint density at radius 1 is 1.29 bits per heavy atom. The molecule has 2 N–H and O–H groups in total. The maximum Gasteiger partial charge on any atom is 0.435 e. The van der Waals surface area contributed by atoms with E-state index in [2.05, 4.69) is 20.4 Å². The van der Waals surface area contributed by atoms with E-state index in [4.69, 9.17) is 0 Å². The van der Waals surface area contributed by atoms with Gasteiger partial charge in [-0.1, -0.05) is 6.07 Å². The molecular weight excluding hydrogens is 327 g/mol. The lowest BCUT2D eigenvalue weighted by Crippen LogP contribution is -2.20. The van der Waals surface area contributed by atoms with Gasteiger partial charge in [0.2, 0.25) is 5.91 Å². The Kier molecular flexibility index (Phi) is 3.80. The maximum atomic E-state index is 12.5. The molecular formula is C14H10F3N5O2. The van der Waals surface area contributed by atoms with Crippen molar-refractivity contribution in [1.82, 2.24) is 19.7 Å². The Bertz CT molecular complexity index is 961. The van der Waals surface area contributed by atoms with Crippen molar-refractivity contribution in [2.45, 2.75) is 12.7 Å². The van der Waals surface area contributed by atoms with Gasteiger partial charge in [0.25, 0.3) is 5.56 Å². The zero-order chi connectivity index (χ0) is 17.3. The lowest BCUT2D eigenvalue weighted by Gasteiger charge is -2.08. The van der Waals surface area contributed by atoms with Gasteiger partial charge in [0, 0.05) is 6.20 Å². The van der Waals surface area contributed by atoms with E-state index in [0.29, 0.717) is 0 Å². The van der Waals surface area contributed by atoms with Crippen LogP contribution >= 0.6 is 0 Å². The van der Waals surface area contributed by atoms with Crippen LogP contribution in [-0.4, -0.2) is 25.7 Å². The first-order valence-corrected chi connectivity index (χ1v) is 6.71. The number of benzene rings is 1. The van der Waals surface area contributed by atoms with Crippen LogP contribution in [0.4, 0.5) is 18.9 Å². The predicted octanol–water partition coefficient (Wildman–Crippen LogP) is 1.78. The number of alkyl halides is 3. The second-order valence-corrected chi connectivity index (χ2v) is 4.88. The molecule has 3 rings (SSSR count). The molecule has 7 nitrogen and oxygen atoms in total. The first-order valence-electron chi connectivity index (χ1n) is 6.71. The molecule has 0 unspecified atom stereocenters. The smallest absolute Gasteiger partial charge is 0.323 e. The highest BCUT2D eigenvalue weighted by molar-refractivity contribution is 5.99. The van der Waals surface area contributed by atoms with Gasteiger partial charge in [-0.05, 0) is 18.2 Å². The fraction of sp³-hybridized carbons (Fsp3) is 0.143. The van der Waals surface area contributed by atoms with Gasteiger partial charge < -0.3 is 10.3 Å². The van der Waals surface area contributed by atoms with Crippen molar-refractivity contribution in [3.8, 4) is 0 Å². The molecule has 2 aromatic heterocycles. The molecule has 0 aliphatic rings. The Morgan fingerprint density at radius 3 is 2.79 bits per heavy atom. The second kappa shape index (κ2) is 5.80. The van der Waals surface area contributed by atoms with E-state index in [0.717, 1.165) is 16.9 Å². The topological polar surface area (TPSA) is 92.7 Å². The van der Waals surface area contributed by atoms with E-state index in [9.17, 15) is 22.8 Å². The largest absolute Gasteiger partial charge is 0.435 e. The van der Waals surface area contributed by atoms with E-state index in [1.54, 1.807) is 12.1 Å². The third kappa shape index (κ3) is 3.12. The third-order valence-corrected chi connectivity index (χ3v) is 3.18. The van der Waals surface area contributed by atoms with Gasteiger partial charge in [-0.25, -0.2) is 4.98 Å². The van der Waals surface area contributed by atoms with E-state index < -0.39 is 24.3 Å². The van der Waals surface area contributed by atoms with Gasteiger partial charge in [-0.15, -0.1) is 0 Å². The molecule has 0 saturated carbocycles. The van der Waals surface area contributed by atoms with Crippen molar-refractivity contribution in [1.29, 1.82) is 0 Å². The number of para-hydroxylation sites is 1. The number of aromatic amines is 1. The Labute approximate surface area is 132 Å². The number of anilines is 1. The number of aromatic nitrogens is 4. The van der Waals surface area contributed by atoms with E-state index in [1.165, 1.54) is 12.4 Å². The molecule has 2 heterocycles. The lowest BCUT2D eigenvalue weighted by molar-refractivity contribution is -0.141. The van der Waals surface area contributed by atoms with Crippen molar-refractivity contribution < 1.29 is 18.0 Å². The van der Waals surface area contributed by atoms with Crippen molar-refractivity contribution in [2.24, 2.45) is 0 Å². The summed E-state index contributed by atoms with van der Waals surface area (Å²) in [6.07, 6.45) is -2.31. The summed E-state index contributed by atoms with van der Waals surface area (Å²) in [5.74, 6) is -0.596. The minimum absolute atomic E-state index is 0.283. The van der Waals surface area contributed by atoms with E-state index in [-0.39, 0.29) is 22.1 Å². The molecule has 1 amide bonds. The van der Waals surface area contributed by atoms with Gasteiger partial charge in [0.1, 0.15) is 12.1 Å². The molecule has 0 spiro atoms. The molecule has 0 aliphatic heterocycles. The number of fused-ring (bicyclic) bond motifs is 1. The van der Waals surface area contributed by atoms with Gasteiger partial charge in [-0.3, -0.25) is 14.3 Å².